The lowest BCUT2D eigenvalue weighted by Crippen LogP contribution is -2.46. The molecule has 7 nitrogen and oxygen atoms in total. The quantitative estimate of drug-likeness (QED) is 0.807. The summed E-state index contributed by atoms with van der Waals surface area (Å²) in [5.41, 5.74) is 1.73. The van der Waals surface area contributed by atoms with E-state index in [0.717, 1.165) is 5.56 Å². The standard InChI is InChI=1S/C18H23FN4O3S/c1-12-18(13(2)22-21-12)27(25,26)23-9-7-16(8-10-23)20-17(24)11-14-3-5-15(19)6-4-14/h3-6,16H,7-11H2,1-2H3,(H,20,24)(H,21,22). The number of piperidine rings is 1. The second-order valence-electron chi connectivity index (χ2n) is 6.81. The minimum absolute atomic E-state index is 0.0732. The average molecular weight is 394 g/mol. The number of carbonyl (C=O) groups excluding carboxylic acids is 1. The Bertz CT molecular complexity index is 897. The number of nitrogens with zero attached hydrogens (tertiary/aromatic N) is 2. The highest BCUT2D eigenvalue weighted by atomic mass is 32.2. The van der Waals surface area contributed by atoms with E-state index >= 15 is 0 Å². The third-order valence-corrected chi connectivity index (χ3v) is 6.92. The van der Waals surface area contributed by atoms with Crippen molar-refractivity contribution in [2.24, 2.45) is 0 Å². The fourth-order valence-electron chi connectivity index (χ4n) is 3.36. The smallest absolute Gasteiger partial charge is 0.246 e. The molecule has 1 aliphatic heterocycles. The van der Waals surface area contributed by atoms with E-state index in [1.165, 1.54) is 16.4 Å². The van der Waals surface area contributed by atoms with Crippen LogP contribution in [0.15, 0.2) is 29.2 Å². The van der Waals surface area contributed by atoms with Gasteiger partial charge in [-0.3, -0.25) is 9.89 Å². The number of rotatable bonds is 5. The molecule has 27 heavy (non-hydrogen) atoms. The van der Waals surface area contributed by atoms with Gasteiger partial charge >= 0.3 is 0 Å². The number of hydrogen-bond acceptors (Lipinski definition) is 4. The molecular weight excluding hydrogens is 371 g/mol. The maximum Gasteiger partial charge on any atom is 0.246 e. The Morgan fingerprint density at radius 3 is 2.44 bits per heavy atom. The normalized spacial score (nSPS) is 16.4. The highest BCUT2D eigenvalue weighted by molar-refractivity contribution is 7.89. The molecule has 0 bridgehead atoms. The molecule has 0 atom stereocenters. The Morgan fingerprint density at radius 1 is 1.26 bits per heavy atom. The van der Waals surface area contributed by atoms with Gasteiger partial charge in [0.2, 0.25) is 15.9 Å². The first-order valence-electron chi connectivity index (χ1n) is 8.83. The Labute approximate surface area is 158 Å². The predicted octanol–water partition coefficient (Wildman–Crippen LogP) is 1.68. The van der Waals surface area contributed by atoms with Gasteiger partial charge in [0.15, 0.2) is 0 Å². The lowest BCUT2D eigenvalue weighted by atomic mass is 10.1. The van der Waals surface area contributed by atoms with Gasteiger partial charge in [-0.25, -0.2) is 12.8 Å². The zero-order valence-corrected chi connectivity index (χ0v) is 16.1. The molecule has 0 radical (unpaired) electrons. The van der Waals surface area contributed by atoms with E-state index in [1.54, 1.807) is 26.0 Å². The van der Waals surface area contributed by atoms with Crippen LogP contribution in [0.5, 0.6) is 0 Å². The van der Waals surface area contributed by atoms with Crippen molar-refractivity contribution in [3.05, 3.63) is 47.0 Å². The van der Waals surface area contributed by atoms with Gasteiger partial charge in [-0.1, -0.05) is 12.1 Å². The van der Waals surface area contributed by atoms with Crippen LogP contribution in [-0.4, -0.2) is 48.0 Å². The van der Waals surface area contributed by atoms with E-state index < -0.39 is 10.0 Å². The molecule has 2 heterocycles. The predicted molar refractivity (Wildman–Crippen MR) is 98.1 cm³/mol. The second kappa shape index (κ2) is 7.77. The van der Waals surface area contributed by atoms with Crippen molar-refractivity contribution in [2.45, 2.75) is 44.0 Å². The molecule has 0 saturated carbocycles. The van der Waals surface area contributed by atoms with Crippen LogP contribution in [0.2, 0.25) is 0 Å². The maximum atomic E-state index is 12.9. The lowest BCUT2D eigenvalue weighted by molar-refractivity contribution is -0.121. The van der Waals surface area contributed by atoms with Crippen LogP contribution >= 0.6 is 0 Å². The van der Waals surface area contributed by atoms with Crippen LogP contribution in [0, 0.1) is 19.7 Å². The molecular formula is C18H23FN4O3S. The molecule has 1 saturated heterocycles. The van der Waals surface area contributed by atoms with E-state index in [0.29, 0.717) is 37.3 Å². The van der Waals surface area contributed by atoms with Crippen molar-refractivity contribution in [2.75, 3.05) is 13.1 Å². The van der Waals surface area contributed by atoms with Gasteiger partial charge in [-0.05, 0) is 44.4 Å². The van der Waals surface area contributed by atoms with E-state index in [-0.39, 0.29) is 29.1 Å². The number of hydrogen-bond donors (Lipinski definition) is 2. The van der Waals surface area contributed by atoms with Crippen LogP contribution in [0.4, 0.5) is 4.39 Å². The number of nitrogens with one attached hydrogen (secondary N) is 2. The highest BCUT2D eigenvalue weighted by Gasteiger charge is 2.33. The van der Waals surface area contributed by atoms with Crippen LogP contribution in [0.1, 0.15) is 29.8 Å². The summed E-state index contributed by atoms with van der Waals surface area (Å²) in [5, 5.41) is 9.61. The maximum absolute atomic E-state index is 12.9. The summed E-state index contributed by atoms with van der Waals surface area (Å²) in [6.07, 6.45) is 1.26. The average Bonchev–Trinajstić information content (AvgIpc) is 2.96. The molecule has 3 rings (SSSR count). The van der Waals surface area contributed by atoms with Crippen molar-refractivity contribution in [1.29, 1.82) is 0 Å². The molecule has 0 spiro atoms. The van der Waals surface area contributed by atoms with Crippen molar-refractivity contribution in [3.63, 3.8) is 0 Å². The number of aryl methyl sites for hydroxylation is 2. The molecule has 1 aromatic heterocycles. The summed E-state index contributed by atoms with van der Waals surface area (Å²) in [7, 11) is -3.59. The van der Waals surface area contributed by atoms with Gasteiger partial charge in [-0.2, -0.15) is 9.40 Å². The first-order valence-corrected chi connectivity index (χ1v) is 10.3. The number of halogens is 1. The zero-order valence-electron chi connectivity index (χ0n) is 15.3. The number of amides is 1. The monoisotopic (exact) mass is 394 g/mol. The SMILES string of the molecule is Cc1n[nH]c(C)c1S(=O)(=O)N1CCC(NC(=O)Cc2ccc(F)cc2)CC1. The summed E-state index contributed by atoms with van der Waals surface area (Å²) < 4.78 is 40.0. The minimum Gasteiger partial charge on any atom is -0.353 e. The van der Waals surface area contributed by atoms with E-state index in [1.807, 2.05) is 0 Å². The van der Waals surface area contributed by atoms with Crippen LogP contribution in [-0.2, 0) is 21.2 Å². The van der Waals surface area contributed by atoms with Gasteiger partial charge in [0.1, 0.15) is 10.7 Å². The van der Waals surface area contributed by atoms with E-state index in [4.69, 9.17) is 0 Å². The molecule has 1 amide bonds. The van der Waals surface area contributed by atoms with Crippen molar-refractivity contribution in [1.82, 2.24) is 19.8 Å². The Balaban J connectivity index is 1.56. The molecule has 9 heteroatoms. The Morgan fingerprint density at radius 2 is 1.89 bits per heavy atom. The molecule has 1 aromatic carbocycles. The van der Waals surface area contributed by atoms with Gasteiger partial charge in [0, 0.05) is 19.1 Å². The molecule has 0 unspecified atom stereocenters. The molecule has 146 valence electrons. The summed E-state index contributed by atoms with van der Waals surface area (Å²) in [6.45, 7) is 4.04. The first kappa shape index (κ1) is 19.5. The van der Waals surface area contributed by atoms with Gasteiger partial charge < -0.3 is 5.32 Å². The number of carbonyl (C=O) groups is 1. The first-order chi connectivity index (χ1) is 12.8. The largest absolute Gasteiger partial charge is 0.353 e. The summed E-state index contributed by atoms with van der Waals surface area (Å²) in [5.74, 6) is -0.486. The zero-order chi connectivity index (χ0) is 19.6. The molecule has 0 aliphatic carbocycles. The third-order valence-electron chi connectivity index (χ3n) is 4.76. The van der Waals surface area contributed by atoms with Crippen LogP contribution < -0.4 is 5.32 Å². The Hall–Kier alpha value is -2.26. The lowest BCUT2D eigenvalue weighted by Gasteiger charge is -2.31. The number of aromatic amines is 1. The van der Waals surface area contributed by atoms with Gasteiger partial charge in [-0.15, -0.1) is 0 Å². The van der Waals surface area contributed by atoms with Gasteiger partial charge in [0.05, 0.1) is 17.8 Å². The number of benzene rings is 1. The van der Waals surface area contributed by atoms with E-state index in [2.05, 4.69) is 15.5 Å². The van der Waals surface area contributed by atoms with Gasteiger partial charge in [0.25, 0.3) is 0 Å². The molecule has 1 fully saturated rings. The topological polar surface area (TPSA) is 95.2 Å². The number of aromatic nitrogens is 2. The van der Waals surface area contributed by atoms with Crippen LogP contribution in [0.25, 0.3) is 0 Å². The third kappa shape index (κ3) is 4.36. The van der Waals surface area contributed by atoms with Crippen molar-refractivity contribution < 1.29 is 17.6 Å². The molecule has 2 aromatic rings. The number of H-pyrrole nitrogens is 1. The summed E-state index contributed by atoms with van der Waals surface area (Å²) in [6, 6.07) is 5.74. The fraction of sp³-hybridized carbons (Fsp3) is 0.444. The molecule has 2 N–H and O–H groups in total. The molecule has 1 aliphatic rings. The summed E-state index contributed by atoms with van der Waals surface area (Å²) >= 11 is 0. The number of sulfonamides is 1. The second-order valence-corrected chi connectivity index (χ2v) is 8.69. The van der Waals surface area contributed by atoms with Crippen molar-refractivity contribution >= 4 is 15.9 Å². The van der Waals surface area contributed by atoms with Crippen LogP contribution in [0.3, 0.4) is 0 Å². The minimum atomic E-state index is -3.59. The highest BCUT2D eigenvalue weighted by Crippen LogP contribution is 2.24. The Kier molecular flexibility index (Phi) is 5.61. The van der Waals surface area contributed by atoms with E-state index in [9.17, 15) is 17.6 Å². The van der Waals surface area contributed by atoms with Crippen molar-refractivity contribution in [3.8, 4) is 0 Å². The fourth-order valence-corrected chi connectivity index (χ4v) is 5.16. The summed E-state index contributed by atoms with van der Waals surface area (Å²) in [4.78, 5) is 12.4.